The number of amides is 1. The normalized spacial score (nSPS) is 21.8. The molecule has 1 aromatic carbocycles. The third-order valence-corrected chi connectivity index (χ3v) is 4.52. The molecular formula is C19H19N3O2. The van der Waals surface area contributed by atoms with Crippen molar-refractivity contribution in [2.75, 3.05) is 13.1 Å². The highest BCUT2D eigenvalue weighted by Gasteiger charge is 2.41. The van der Waals surface area contributed by atoms with E-state index >= 15 is 0 Å². The summed E-state index contributed by atoms with van der Waals surface area (Å²) < 4.78 is 0. The van der Waals surface area contributed by atoms with Gasteiger partial charge in [-0.3, -0.25) is 9.78 Å². The van der Waals surface area contributed by atoms with Crippen LogP contribution < -0.4 is 0 Å². The van der Waals surface area contributed by atoms with E-state index in [1.807, 2.05) is 18.2 Å². The number of aliphatic hydroxyl groups is 1. The Balaban J connectivity index is 1.83. The molecule has 2 atom stereocenters. The molecule has 0 saturated carbocycles. The third-order valence-electron chi connectivity index (χ3n) is 4.52. The first-order valence-corrected chi connectivity index (χ1v) is 8.01. The van der Waals surface area contributed by atoms with Gasteiger partial charge in [-0.15, -0.1) is 0 Å². The van der Waals surface area contributed by atoms with Gasteiger partial charge < -0.3 is 10.0 Å². The van der Waals surface area contributed by atoms with Crippen molar-refractivity contribution in [2.45, 2.75) is 24.4 Å². The maximum Gasteiger partial charge on any atom is 0.256 e. The van der Waals surface area contributed by atoms with Gasteiger partial charge in [0.1, 0.15) is 5.41 Å². The van der Waals surface area contributed by atoms with Crippen LogP contribution in [0.3, 0.4) is 0 Å². The van der Waals surface area contributed by atoms with Gasteiger partial charge in [-0.05, 0) is 30.5 Å². The van der Waals surface area contributed by atoms with Crippen molar-refractivity contribution in [3.63, 3.8) is 0 Å². The number of pyridine rings is 1. The third kappa shape index (κ3) is 3.01. The number of aliphatic hydroxyl groups excluding tert-OH is 1. The minimum atomic E-state index is -1.20. The van der Waals surface area contributed by atoms with Crippen LogP contribution in [0.4, 0.5) is 0 Å². The van der Waals surface area contributed by atoms with Crippen molar-refractivity contribution >= 4 is 5.91 Å². The van der Waals surface area contributed by atoms with E-state index in [1.54, 1.807) is 41.4 Å². The van der Waals surface area contributed by atoms with Crippen LogP contribution in [0.2, 0.25) is 0 Å². The lowest BCUT2D eigenvalue weighted by Crippen LogP contribution is -2.49. The van der Waals surface area contributed by atoms with E-state index in [2.05, 4.69) is 11.1 Å². The second-order valence-electron chi connectivity index (χ2n) is 6.09. The highest BCUT2D eigenvalue weighted by molar-refractivity contribution is 5.82. The summed E-state index contributed by atoms with van der Waals surface area (Å²) in [4.78, 5) is 18.6. The van der Waals surface area contributed by atoms with Gasteiger partial charge in [-0.1, -0.05) is 36.4 Å². The Labute approximate surface area is 141 Å². The van der Waals surface area contributed by atoms with Gasteiger partial charge in [0.15, 0.2) is 6.10 Å². The Kier molecular flexibility index (Phi) is 4.59. The first-order chi connectivity index (χ1) is 11.7. The molecule has 2 aromatic rings. The number of aromatic nitrogens is 1. The Morgan fingerprint density at radius 3 is 2.67 bits per heavy atom. The molecule has 3 rings (SSSR count). The fourth-order valence-corrected chi connectivity index (χ4v) is 3.20. The highest BCUT2D eigenvalue weighted by Crippen LogP contribution is 2.33. The van der Waals surface area contributed by atoms with E-state index in [4.69, 9.17) is 0 Å². The monoisotopic (exact) mass is 321 g/mol. The smallest absolute Gasteiger partial charge is 0.256 e. The van der Waals surface area contributed by atoms with Crippen LogP contribution in [0, 0.1) is 11.3 Å². The van der Waals surface area contributed by atoms with Crippen LogP contribution in [0.5, 0.6) is 0 Å². The predicted molar refractivity (Wildman–Crippen MR) is 88.7 cm³/mol. The van der Waals surface area contributed by atoms with Crippen molar-refractivity contribution in [3.8, 4) is 6.07 Å². The second kappa shape index (κ2) is 6.81. The molecule has 1 saturated heterocycles. The van der Waals surface area contributed by atoms with E-state index in [9.17, 15) is 15.2 Å². The van der Waals surface area contributed by atoms with Crippen LogP contribution in [0.1, 0.15) is 30.2 Å². The lowest BCUT2D eigenvalue weighted by Gasteiger charge is -2.38. The number of carbonyl (C=O) groups excluding carboxylic acids is 1. The fraction of sp³-hybridized carbons (Fsp3) is 0.316. The van der Waals surface area contributed by atoms with Crippen molar-refractivity contribution in [1.29, 1.82) is 5.26 Å². The van der Waals surface area contributed by atoms with E-state index in [0.29, 0.717) is 30.6 Å². The molecule has 24 heavy (non-hydrogen) atoms. The average molecular weight is 321 g/mol. The average Bonchev–Trinajstić information content (AvgIpc) is 2.68. The number of nitriles is 1. The fourth-order valence-electron chi connectivity index (χ4n) is 3.20. The molecule has 2 heterocycles. The molecule has 1 N–H and O–H groups in total. The standard InChI is InChI=1S/C19H19N3O2/c20-13-19(16-9-4-5-11-21-16)10-6-12-22(14-19)18(24)17(23)15-7-2-1-3-8-15/h1-5,7-9,11,17,23H,6,10,12,14H2. The number of piperidine rings is 1. The zero-order valence-corrected chi connectivity index (χ0v) is 13.3. The number of carbonyl (C=O) groups is 1. The molecule has 122 valence electrons. The van der Waals surface area contributed by atoms with Gasteiger partial charge in [0.05, 0.1) is 11.8 Å². The van der Waals surface area contributed by atoms with Gasteiger partial charge in [0.25, 0.3) is 5.91 Å². The largest absolute Gasteiger partial charge is 0.378 e. The molecule has 0 bridgehead atoms. The van der Waals surface area contributed by atoms with Gasteiger partial charge >= 0.3 is 0 Å². The summed E-state index contributed by atoms with van der Waals surface area (Å²) in [7, 11) is 0. The summed E-state index contributed by atoms with van der Waals surface area (Å²) >= 11 is 0. The molecular weight excluding hydrogens is 302 g/mol. The van der Waals surface area contributed by atoms with Crippen LogP contribution in [0.15, 0.2) is 54.7 Å². The summed E-state index contributed by atoms with van der Waals surface area (Å²) in [6, 6.07) is 16.7. The van der Waals surface area contributed by atoms with Crippen LogP contribution in [0.25, 0.3) is 0 Å². The summed E-state index contributed by atoms with van der Waals surface area (Å²) in [5.41, 5.74) is 0.429. The number of nitrogens with zero attached hydrogens (tertiary/aromatic N) is 3. The van der Waals surface area contributed by atoms with E-state index < -0.39 is 11.5 Å². The molecule has 1 aliphatic heterocycles. The summed E-state index contributed by atoms with van der Waals surface area (Å²) in [5.74, 6) is -0.364. The number of rotatable bonds is 3. The van der Waals surface area contributed by atoms with Crippen molar-refractivity contribution < 1.29 is 9.90 Å². The first kappa shape index (κ1) is 16.2. The SMILES string of the molecule is N#CC1(c2ccccn2)CCCN(C(=O)C(O)c2ccccc2)C1. The van der Waals surface area contributed by atoms with Gasteiger partial charge in [-0.2, -0.15) is 5.26 Å². The topological polar surface area (TPSA) is 77.2 Å². The van der Waals surface area contributed by atoms with Crippen molar-refractivity contribution in [1.82, 2.24) is 9.88 Å². The van der Waals surface area contributed by atoms with E-state index in [-0.39, 0.29) is 12.5 Å². The number of likely N-dealkylation sites (tertiary alicyclic amines) is 1. The molecule has 1 fully saturated rings. The molecule has 1 aliphatic rings. The molecule has 0 radical (unpaired) electrons. The molecule has 2 unspecified atom stereocenters. The lowest BCUT2D eigenvalue weighted by molar-refractivity contribution is -0.142. The number of benzene rings is 1. The Hall–Kier alpha value is -2.71. The zero-order valence-electron chi connectivity index (χ0n) is 13.3. The van der Waals surface area contributed by atoms with Crippen LogP contribution >= 0.6 is 0 Å². The molecule has 5 nitrogen and oxygen atoms in total. The minimum absolute atomic E-state index is 0.253. The summed E-state index contributed by atoms with van der Waals surface area (Å²) in [6.07, 6.45) is 1.82. The number of hydrogen-bond donors (Lipinski definition) is 1. The Bertz CT molecular complexity index is 742. The van der Waals surface area contributed by atoms with E-state index in [1.165, 1.54) is 0 Å². The van der Waals surface area contributed by atoms with Crippen LogP contribution in [-0.4, -0.2) is 34.0 Å². The summed E-state index contributed by atoms with van der Waals surface area (Å²) in [6.45, 7) is 0.794. The molecule has 0 spiro atoms. The predicted octanol–water partition coefficient (Wildman–Crippen LogP) is 2.20. The Morgan fingerprint density at radius 1 is 1.25 bits per heavy atom. The second-order valence-corrected chi connectivity index (χ2v) is 6.09. The summed E-state index contributed by atoms with van der Waals surface area (Å²) in [5, 5.41) is 20.1. The van der Waals surface area contributed by atoms with E-state index in [0.717, 1.165) is 0 Å². The first-order valence-electron chi connectivity index (χ1n) is 8.01. The minimum Gasteiger partial charge on any atom is -0.378 e. The Morgan fingerprint density at radius 2 is 2.00 bits per heavy atom. The van der Waals surface area contributed by atoms with Gasteiger partial charge in [0.2, 0.25) is 0 Å². The highest BCUT2D eigenvalue weighted by atomic mass is 16.3. The van der Waals surface area contributed by atoms with Crippen molar-refractivity contribution in [2.24, 2.45) is 0 Å². The van der Waals surface area contributed by atoms with Crippen molar-refractivity contribution in [3.05, 3.63) is 66.0 Å². The molecule has 5 heteroatoms. The molecule has 0 aliphatic carbocycles. The quantitative estimate of drug-likeness (QED) is 0.940. The number of hydrogen-bond acceptors (Lipinski definition) is 4. The van der Waals surface area contributed by atoms with Gasteiger partial charge in [0, 0.05) is 19.3 Å². The van der Waals surface area contributed by atoms with Gasteiger partial charge in [-0.25, -0.2) is 0 Å². The lowest BCUT2D eigenvalue weighted by atomic mass is 9.78. The molecule has 1 amide bonds. The maximum absolute atomic E-state index is 12.7. The maximum atomic E-state index is 12.7. The zero-order chi connectivity index (χ0) is 17.0. The van der Waals surface area contributed by atoms with Crippen LogP contribution in [-0.2, 0) is 10.2 Å². The molecule has 1 aromatic heterocycles.